The van der Waals surface area contributed by atoms with Crippen LogP contribution in [0.4, 0.5) is 4.70 Å². The summed E-state index contributed by atoms with van der Waals surface area (Å²) in [6.45, 7) is 10.9. The molecule has 0 heterocycles. The van der Waals surface area contributed by atoms with E-state index < -0.39 is 5.60 Å². The van der Waals surface area contributed by atoms with Gasteiger partial charge in [0.05, 0.1) is 14.2 Å². The second-order valence-electron chi connectivity index (χ2n) is 22.7. The summed E-state index contributed by atoms with van der Waals surface area (Å²) in [5.41, 5.74) is 16.3. The first kappa shape index (κ1) is 98.9. The molecule has 0 aliphatic heterocycles. The molecule has 0 spiro atoms. The van der Waals surface area contributed by atoms with Gasteiger partial charge in [0.2, 0.25) is 0 Å². The van der Waals surface area contributed by atoms with Crippen molar-refractivity contribution < 1.29 is 240 Å². The van der Waals surface area contributed by atoms with Gasteiger partial charge in [-0.2, -0.15) is 0 Å². The van der Waals surface area contributed by atoms with Crippen molar-refractivity contribution in [1.29, 1.82) is 0 Å². The topological polar surface area (TPSA) is 232 Å². The summed E-state index contributed by atoms with van der Waals surface area (Å²) < 4.78 is 14.3. The van der Waals surface area contributed by atoms with E-state index in [1.165, 1.54) is 85.9 Å². The summed E-state index contributed by atoms with van der Waals surface area (Å²) in [5.74, 6) is 9.92. The SMILES string of the molecule is Brc1cccc2c1Cc1cc3ccccc3cc1-2.CC(C)(C)[O-].CC1(C)c2cc3ccccc3cc2-c2cccc(Br)c21.CC[O-].CI.COc1ccccc1OC.F.NN.O.O=C1CCc2cccc(Br)c21.O=C1c2cc3ccccc3cc2-c2cccc(Br)c21.O=CO[O-].[H-].[K+].[K+].[K+].[Na+]. The fourth-order valence-electron chi connectivity index (χ4n) is 11.4. The number of ether oxygens (including phenoxy) is 2. The van der Waals surface area contributed by atoms with Crippen molar-refractivity contribution in [1.82, 2.24) is 0 Å². The number of ketones is 2. The zero-order valence-corrected chi connectivity index (χ0v) is 78.5. The molecule has 0 saturated carbocycles. The Hall–Kier alpha value is -1.14. The van der Waals surface area contributed by atoms with Crippen LogP contribution >= 0.6 is 86.3 Å². The van der Waals surface area contributed by atoms with E-state index >= 15 is 0 Å². The molecule has 15 rings (SSSR count). The largest absolute Gasteiger partial charge is 1.00 e. The van der Waals surface area contributed by atoms with Crippen molar-refractivity contribution in [3.8, 4) is 44.9 Å². The van der Waals surface area contributed by atoms with Crippen LogP contribution < -0.4 is 220 Å². The minimum Gasteiger partial charge on any atom is -1.00 e. The van der Waals surface area contributed by atoms with Gasteiger partial charge >= 0.3 is 184 Å². The number of carbonyl (C=O) groups excluding carboxylic acids is 3. The monoisotopic (exact) mass is 1800 g/mol. The molecular weight excluding hydrogens is 1730 g/mol. The van der Waals surface area contributed by atoms with Crippen LogP contribution in [0.25, 0.3) is 65.7 Å². The summed E-state index contributed by atoms with van der Waals surface area (Å²) in [6, 6.07) is 71.1. The molecule has 0 bridgehead atoms. The number of halogens is 6. The number of benzene rings is 11. The van der Waals surface area contributed by atoms with Crippen molar-refractivity contribution in [3.05, 3.63) is 269 Å². The molecule has 0 amide bonds. The van der Waals surface area contributed by atoms with Crippen LogP contribution in [0.2, 0.25) is 0 Å². The molecule has 0 unspecified atom stereocenters. The Bertz CT molecular complexity index is 4440. The van der Waals surface area contributed by atoms with Gasteiger partial charge in [-0.05, 0) is 178 Å². The summed E-state index contributed by atoms with van der Waals surface area (Å²) in [5, 5.41) is 35.0. The number of hydrogen-bond donors (Lipinski definition) is 2. The van der Waals surface area contributed by atoms with Crippen LogP contribution in [-0.4, -0.2) is 54.9 Å². The Morgan fingerprint density at radius 2 is 0.900 bits per heavy atom. The average molecular weight is 1810 g/mol. The first-order valence-corrected chi connectivity index (χ1v) is 35.2. The number of alkyl halides is 1. The molecule has 100 heavy (non-hydrogen) atoms. The third-order valence-electron chi connectivity index (χ3n) is 15.2. The Morgan fingerprint density at radius 1 is 0.530 bits per heavy atom. The summed E-state index contributed by atoms with van der Waals surface area (Å²) in [6.07, 6.45) is 2.63. The van der Waals surface area contributed by atoms with Crippen LogP contribution in [0.3, 0.4) is 0 Å². The molecule has 0 saturated heterocycles. The van der Waals surface area contributed by atoms with Gasteiger partial charge in [-0.3, -0.25) is 30.8 Å². The summed E-state index contributed by atoms with van der Waals surface area (Å²) in [4.78, 5) is 37.0. The van der Waals surface area contributed by atoms with Gasteiger partial charge in [0.1, 0.15) is 0 Å². The van der Waals surface area contributed by atoms with E-state index in [1.54, 1.807) is 41.9 Å². The molecule has 0 radical (unpaired) electrons. The van der Waals surface area contributed by atoms with Crippen molar-refractivity contribution in [3.63, 3.8) is 0 Å². The van der Waals surface area contributed by atoms with Gasteiger partial charge in [-0.15, -0.1) is 12.2 Å². The van der Waals surface area contributed by atoms with E-state index in [2.05, 4.69) is 238 Å². The van der Waals surface area contributed by atoms with Crippen LogP contribution in [0, 0.1) is 0 Å². The number of methoxy groups -OCH3 is 2. The molecule has 22 heteroatoms. The minimum absolute atomic E-state index is 0. The molecular formula is C78H78Br4FIK3N2NaO10. The number of hydrogen-bond acceptors (Lipinski definition) is 11. The molecule has 11 aromatic carbocycles. The van der Waals surface area contributed by atoms with E-state index in [1.807, 2.05) is 89.9 Å². The van der Waals surface area contributed by atoms with Crippen molar-refractivity contribution in [2.24, 2.45) is 11.7 Å². The number of hydrazine groups is 1. The van der Waals surface area contributed by atoms with Crippen LogP contribution in [-0.2, 0) is 27.9 Å². The molecule has 12 nitrogen and oxygen atoms in total. The Kier molecular flexibility index (Phi) is 48.5. The maximum absolute atomic E-state index is 12.5. The van der Waals surface area contributed by atoms with E-state index in [0.29, 0.717) is 6.42 Å². The maximum atomic E-state index is 12.5. The quantitative estimate of drug-likeness (QED) is 0.0430. The Morgan fingerprint density at radius 3 is 1.36 bits per heavy atom. The number of fused-ring (bicyclic) bond motifs is 13. The number of nitrogens with two attached hydrogens (primary N) is 2. The van der Waals surface area contributed by atoms with Gasteiger partial charge in [0.15, 0.2) is 23.1 Å². The van der Waals surface area contributed by atoms with E-state index in [0.717, 1.165) is 66.5 Å². The second kappa shape index (κ2) is 49.0. The first-order valence-electron chi connectivity index (χ1n) is 29.9. The molecule has 6 N–H and O–H groups in total. The van der Waals surface area contributed by atoms with Crippen molar-refractivity contribution in [2.45, 2.75) is 71.8 Å². The van der Waals surface area contributed by atoms with Gasteiger partial charge in [-0.1, -0.05) is 267 Å². The van der Waals surface area contributed by atoms with Gasteiger partial charge < -0.3 is 36.7 Å². The molecule has 0 atom stereocenters. The predicted molar refractivity (Wildman–Crippen MR) is 409 cm³/mol. The number of Topliss-reactive ketones (excluding diaryl/α,β-unsaturated/α-hetero) is 1. The zero-order valence-electron chi connectivity index (χ0n) is 59.7. The van der Waals surface area contributed by atoms with Crippen LogP contribution in [0.15, 0.2) is 224 Å². The summed E-state index contributed by atoms with van der Waals surface area (Å²) in [7, 11) is 3.25. The fourth-order valence-corrected chi connectivity index (χ4v) is 13.9. The van der Waals surface area contributed by atoms with Gasteiger partial charge in [-0.25, -0.2) is 0 Å². The third-order valence-corrected chi connectivity index (χ3v) is 18.0. The van der Waals surface area contributed by atoms with Crippen LogP contribution in [0.5, 0.6) is 11.5 Å². The van der Waals surface area contributed by atoms with Crippen molar-refractivity contribution in [2.75, 3.05) is 25.8 Å². The first-order chi connectivity index (χ1) is 45.2. The number of carbonyl (C=O) groups is 3. The van der Waals surface area contributed by atoms with E-state index in [4.69, 9.17) is 24.6 Å². The van der Waals surface area contributed by atoms with E-state index in [9.17, 15) is 14.7 Å². The zero-order chi connectivity index (χ0) is 68.9. The molecule has 0 fully saturated rings. The minimum atomic E-state index is -0.750. The summed E-state index contributed by atoms with van der Waals surface area (Å²) >= 11 is 16.4. The van der Waals surface area contributed by atoms with Gasteiger partial charge in [0.25, 0.3) is 6.47 Å². The molecule has 506 valence electrons. The molecule has 4 aliphatic rings. The molecule has 0 aromatic heterocycles. The Labute approximate surface area is 785 Å². The fraction of sp³-hybridized carbons (Fsp3) is 0.192. The average Bonchev–Trinajstić information content (AvgIpc) is 1.58. The Balaban J connectivity index is 0. The molecule has 11 aromatic rings. The third kappa shape index (κ3) is 26.0. The predicted octanol–water partition coefficient (Wildman–Crippen LogP) is 5.45. The number of aryl methyl sites for hydroxylation is 1. The number of rotatable bonds is 3. The normalized spacial score (nSPS) is 11.3. The molecule has 4 aliphatic carbocycles. The second-order valence-corrected chi connectivity index (χ2v) is 26.1. The van der Waals surface area contributed by atoms with Gasteiger partial charge in [0, 0.05) is 46.4 Å². The van der Waals surface area contributed by atoms with E-state index in [-0.39, 0.29) is 225 Å². The standard InChI is InChI=1S/C19H15Br.C17H9BrO.C17H11Br.C9H7BrO.C8H10O2.C4H9O.C2H5O.CH3I.CH2O3.FH.3K.H4N2.Na.H2O.H/c1-19(2)16-11-13-7-4-3-6-12(13)10-15(16)14-8-5-9-17(20)18(14)19;18-15-7-3-6-12-13-8-10-4-1-2-5-11(10)9-14(13)17(19)16(12)15;18-17-7-3-6-14-15-9-12-5-2-1-4-11(12)8-13(15)10-16(14)17;10-7-3-1-2-6-4-5-8(11)9(6)7;1-9-7-5-3-4-6-8(7)10-2;1-4(2,3)5;1-2-3;1-2;2-1-4-3;;;;;1-2;;;/h3-11H,1-2H3;1-9H;1-9H,10H2;1-3H,4-5H2;3-6H,1-2H3;1-3H3;2H2,1H3;1H3;1,3H;1H;;;;1-2H2;;1H2;/q;;;;;2*-1;;;;3*+1;;+1;;-1/p-1. The van der Waals surface area contributed by atoms with Crippen LogP contribution in [0.1, 0.15) is 103 Å². The maximum Gasteiger partial charge on any atom is 1.00 e. The van der Waals surface area contributed by atoms with Crippen molar-refractivity contribution >= 4 is 137 Å². The smallest absolute Gasteiger partial charge is 1.00 e. The number of para-hydroxylation sites is 2.